The minimum Gasteiger partial charge on any atom is -0.350 e. The number of amides is 1. The molecule has 1 unspecified atom stereocenters. The van der Waals surface area contributed by atoms with Crippen molar-refractivity contribution in [2.45, 2.75) is 90.8 Å². The second kappa shape index (κ2) is 7.28. The van der Waals surface area contributed by atoms with Crippen LogP contribution >= 0.6 is 0 Å². The second-order valence-corrected chi connectivity index (χ2v) is 6.74. The van der Waals surface area contributed by atoms with Gasteiger partial charge >= 0.3 is 0 Å². The number of carbonyl (C=O) groups is 1. The maximum Gasteiger partial charge on any atom is 0.237 e. The largest absolute Gasteiger partial charge is 0.350 e. The summed E-state index contributed by atoms with van der Waals surface area (Å²) in [5.41, 5.74) is -0.104. The molecule has 0 aromatic carbocycles. The van der Waals surface area contributed by atoms with Crippen molar-refractivity contribution in [2.75, 3.05) is 0 Å². The van der Waals surface area contributed by atoms with E-state index in [0.717, 1.165) is 12.3 Å². The lowest BCUT2D eigenvalue weighted by atomic mass is 9.84. The van der Waals surface area contributed by atoms with Gasteiger partial charge in [-0.2, -0.15) is 0 Å². The van der Waals surface area contributed by atoms with Crippen LogP contribution in [0.5, 0.6) is 0 Å². The van der Waals surface area contributed by atoms with Gasteiger partial charge in [-0.15, -0.1) is 0 Å². The van der Waals surface area contributed by atoms with Crippen molar-refractivity contribution in [1.29, 1.82) is 0 Å². The lowest BCUT2D eigenvalue weighted by Crippen LogP contribution is -2.53. The summed E-state index contributed by atoms with van der Waals surface area (Å²) in [6.07, 6.45) is 7.30. The average Bonchev–Trinajstić information content (AvgIpc) is 2.39. The van der Waals surface area contributed by atoms with Crippen molar-refractivity contribution in [3.63, 3.8) is 0 Å². The van der Waals surface area contributed by atoms with Gasteiger partial charge in [-0.1, -0.05) is 20.3 Å². The Kier molecular flexibility index (Phi) is 6.31. The third-order valence-corrected chi connectivity index (χ3v) is 4.65. The predicted molar refractivity (Wildman–Crippen MR) is 81.1 cm³/mol. The molecule has 0 saturated heterocycles. The van der Waals surface area contributed by atoms with Crippen LogP contribution in [0.1, 0.15) is 73.1 Å². The van der Waals surface area contributed by atoms with Gasteiger partial charge < -0.3 is 10.6 Å². The Bertz CT molecular complexity index is 280. The topological polar surface area (TPSA) is 41.1 Å². The zero-order chi connectivity index (χ0) is 14.5. The smallest absolute Gasteiger partial charge is 0.237 e. The highest BCUT2D eigenvalue weighted by Crippen LogP contribution is 2.26. The van der Waals surface area contributed by atoms with Gasteiger partial charge in [-0.3, -0.25) is 4.79 Å². The standard InChI is InChI=1S/C16H32N2O/c1-6-13-8-10-14(11-9-13)17-12(3)15(19)18-16(4,5)7-2/h12-14,17H,6-11H2,1-5H3,(H,18,19). The van der Waals surface area contributed by atoms with Crippen molar-refractivity contribution >= 4 is 5.91 Å². The molecule has 19 heavy (non-hydrogen) atoms. The first-order valence-corrected chi connectivity index (χ1v) is 7.96. The van der Waals surface area contributed by atoms with Gasteiger partial charge in [0, 0.05) is 11.6 Å². The van der Waals surface area contributed by atoms with Gasteiger partial charge in [0.05, 0.1) is 6.04 Å². The first kappa shape index (κ1) is 16.5. The van der Waals surface area contributed by atoms with Crippen molar-refractivity contribution < 1.29 is 4.79 Å². The lowest BCUT2D eigenvalue weighted by molar-refractivity contribution is -0.124. The van der Waals surface area contributed by atoms with Crippen molar-refractivity contribution in [3.05, 3.63) is 0 Å². The van der Waals surface area contributed by atoms with Crippen LogP contribution in [0.4, 0.5) is 0 Å². The molecule has 3 nitrogen and oxygen atoms in total. The number of nitrogens with one attached hydrogen (secondary N) is 2. The lowest BCUT2D eigenvalue weighted by Gasteiger charge is -2.32. The zero-order valence-electron chi connectivity index (χ0n) is 13.4. The van der Waals surface area contributed by atoms with E-state index in [9.17, 15) is 4.79 Å². The van der Waals surface area contributed by atoms with Crippen LogP contribution in [0.25, 0.3) is 0 Å². The van der Waals surface area contributed by atoms with Gasteiger partial charge in [-0.25, -0.2) is 0 Å². The molecule has 1 aliphatic carbocycles. The number of hydrogen-bond donors (Lipinski definition) is 2. The molecule has 2 N–H and O–H groups in total. The van der Waals surface area contributed by atoms with E-state index in [4.69, 9.17) is 0 Å². The van der Waals surface area contributed by atoms with E-state index in [1.807, 2.05) is 6.92 Å². The first-order valence-electron chi connectivity index (χ1n) is 7.96. The Morgan fingerprint density at radius 2 is 1.79 bits per heavy atom. The summed E-state index contributed by atoms with van der Waals surface area (Å²) < 4.78 is 0. The molecule has 0 heterocycles. The van der Waals surface area contributed by atoms with Crippen LogP contribution in [-0.2, 0) is 4.79 Å². The molecule has 3 heteroatoms. The van der Waals surface area contributed by atoms with Gasteiger partial charge in [0.25, 0.3) is 0 Å². The van der Waals surface area contributed by atoms with Crippen LogP contribution in [0.2, 0.25) is 0 Å². The Balaban J connectivity index is 2.34. The minimum atomic E-state index is -0.104. The van der Waals surface area contributed by atoms with Crippen molar-refractivity contribution in [1.82, 2.24) is 10.6 Å². The van der Waals surface area contributed by atoms with Crippen LogP contribution in [0, 0.1) is 5.92 Å². The number of carbonyl (C=O) groups excluding carboxylic acids is 1. The molecule has 0 spiro atoms. The van der Waals surface area contributed by atoms with Crippen LogP contribution < -0.4 is 10.6 Å². The maximum absolute atomic E-state index is 12.1. The SMILES string of the molecule is CCC1CCC(NC(C)C(=O)NC(C)(C)CC)CC1. The van der Waals surface area contributed by atoms with Gasteiger partial charge in [0.2, 0.25) is 5.91 Å². The molecule has 1 amide bonds. The third kappa shape index (κ3) is 5.52. The van der Waals surface area contributed by atoms with E-state index in [1.54, 1.807) is 0 Å². The molecule has 0 bridgehead atoms. The Morgan fingerprint density at radius 1 is 1.21 bits per heavy atom. The zero-order valence-corrected chi connectivity index (χ0v) is 13.4. The van der Waals surface area contributed by atoms with Crippen LogP contribution in [0.15, 0.2) is 0 Å². The van der Waals surface area contributed by atoms with E-state index in [2.05, 4.69) is 38.3 Å². The summed E-state index contributed by atoms with van der Waals surface area (Å²) in [5.74, 6) is 1.03. The molecule has 0 radical (unpaired) electrons. The highest BCUT2D eigenvalue weighted by molar-refractivity contribution is 5.82. The summed E-state index contributed by atoms with van der Waals surface area (Å²) in [7, 11) is 0. The summed E-state index contributed by atoms with van der Waals surface area (Å²) in [6.45, 7) is 10.5. The van der Waals surface area contributed by atoms with Crippen LogP contribution in [-0.4, -0.2) is 23.5 Å². The molecule has 0 aromatic heterocycles. The quantitative estimate of drug-likeness (QED) is 0.776. The summed E-state index contributed by atoms with van der Waals surface area (Å²) >= 11 is 0. The molecule has 1 aliphatic rings. The van der Waals surface area contributed by atoms with Crippen molar-refractivity contribution in [3.8, 4) is 0 Å². The van der Waals surface area contributed by atoms with Gasteiger partial charge in [0.1, 0.15) is 0 Å². The average molecular weight is 268 g/mol. The molecule has 112 valence electrons. The Labute approximate surface area is 118 Å². The van der Waals surface area contributed by atoms with Crippen LogP contribution in [0.3, 0.4) is 0 Å². The van der Waals surface area contributed by atoms with E-state index in [0.29, 0.717) is 6.04 Å². The molecular weight excluding hydrogens is 236 g/mol. The highest BCUT2D eigenvalue weighted by atomic mass is 16.2. The molecule has 1 saturated carbocycles. The second-order valence-electron chi connectivity index (χ2n) is 6.74. The molecule has 1 atom stereocenters. The highest BCUT2D eigenvalue weighted by Gasteiger charge is 2.25. The minimum absolute atomic E-state index is 0.0889. The summed E-state index contributed by atoms with van der Waals surface area (Å²) in [6, 6.07) is 0.433. The van der Waals surface area contributed by atoms with E-state index >= 15 is 0 Å². The first-order chi connectivity index (χ1) is 8.88. The summed E-state index contributed by atoms with van der Waals surface area (Å²) in [5, 5.41) is 6.61. The molecule has 0 aromatic rings. The summed E-state index contributed by atoms with van der Waals surface area (Å²) in [4.78, 5) is 12.1. The number of hydrogen-bond acceptors (Lipinski definition) is 2. The molecular formula is C16H32N2O. The Morgan fingerprint density at radius 3 is 2.26 bits per heavy atom. The van der Waals surface area contributed by atoms with Gasteiger partial charge in [0.15, 0.2) is 0 Å². The van der Waals surface area contributed by atoms with E-state index in [1.165, 1.54) is 32.1 Å². The fraction of sp³-hybridized carbons (Fsp3) is 0.938. The Hall–Kier alpha value is -0.570. The fourth-order valence-electron chi connectivity index (χ4n) is 2.70. The monoisotopic (exact) mass is 268 g/mol. The number of rotatable bonds is 6. The maximum atomic E-state index is 12.1. The normalized spacial score (nSPS) is 25.9. The molecule has 1 rings (SSSR count). The fourth-order valence-corrected chi connectivity index (χ4v) is 2.70. The van der Waals surface area contributed by atoms with E-state index in [-0.39, 0.29) is 17.5 Å². The van der Waals surface area contributed by atoms with E-state index < -0.39 is 0 Å². The molecule has 0 aliphatic heterocycles. The van der Waals surface area contributed by atoms with Crippen molar-refractivity contribution in [2.24, 2.45) is 5.92 Å². The third-order valence-electron chi connectivity index (χ3n) is 4.65. The molecule has 1 fully saturated rings. The van der Waals surface area contributed by atoms with Gasteiger partial charge in [-0.05, 0) is 58.8 Å². The predicted octanol–water partition coefficient (Wildman–Crippen LogP) is 3.24.